The van der Waals surface area contributed by atoms with Crippen LogP contribution in [0, 0.1) is 5.92 Å². The van der Waals surface area contributed by atoms with Crippen LogP contribution in [0.5, 0.6) is 0 Å². The summed E-state index contributed by atoms with van der Waals surface area (Å²) in [6.07, 6.45) is -4.17. The number of alkyl halides is 3. The van der Waals surface area contributed by atoms with Crippen molar-refractivity contribution in [3.8, 4) is 0 Å². The summed E-state index contributed by atoms with van der Waals surface area (Å²) in [5.41, 5.74) is 0.263. The van der Waals surface area contributed by atoms with E-state index in [0.29, 0.717) is 27.6 Å². The van der Waals surface area contributed by atoms with Gasteiger partial charge in [0.05, 0.1) is 12.5 Å². The highest BCUT2D eigenvalue weighted by molar-refractivity contribution is 9.10. The average Bonchev–Trinajstić information content (AvgIpc) is 3.30. The van der Waals surface area contributed by atoms with Gasteiger partial charge in [-0.05, 0) is 29.3 Å². The van der Waals surface area contributed by atoms with Crippen LogP contribution in [0.3, 0.4) is 0 Å². The van der Waals surface area contributed by atoms with Crippen molar-refractivity contribution in [2.75, 3.05) is 4.90 Å². The molecule has 4 nitrogen and oxygen atoms in total. The van der Waals surface area contributed by atoms with Crippen molar-refractivity contribution in [1.82, 2.24) is 5.32 Å². The minimum absolute atomic E-state index is 0.186. The van der Waals surface area contributed by atoms with Gasteiger partial charge in [0.25, 0.3) is 5.91 Å². The molecule has 0 bridgehead atoms. The number of rotatable bonds is 4. The second-order valence-corrected chi connectivity index (χ2v) is 9.52. The molecule has 0 aromatic heterocycles. The molecule has 3 aromatic rings. The molecule has 5 rings (SSSR count). The summed E-state index contributed by atoms with van der Waals surface area (Å²) in [5.74, 6) is -3.07. The summed E-state index contributed by atoms with van der Waals surface area (Å²) in [6.45, 7) is 0.186. The maximum absolute atomic E-state index is 14.4. The Morgan fingerprint density at radius 3 is 2.26 bits per heavy atom. The third-order valence-corrected chi connectivity index (χ3v) is 7.30. The summed E-state index contributed by atoms with van der Waals surface area (Å²) in [4.78, 5) is 28.0. The lowest BCUT2D eigenvalue weighted by Crippen LogP contribution is -2.54. The Kier molecular flexibility index (Phi) is 5.61. The summed E-state index contributed by atoms with van der Waals surface area (Å²) in [7, 11) is 0. The van der Waals surface area contributed by atoms with Gasteiger partial charge < -0.3 is 9.69 Å². The van der Waals surface area contributed by atoms with Crippen molar-refractivity contribution in [2.24, 2.45) is 5.92 Å². The maximum atomic E-state index is 14.4. The summed E-state index contributed by atoms with van der Waals surface area (Å²) < 4.78 is 43.8. The van der Waals surface area contributed by atoms with Gasteiger partial charge in [0.1, 0.15) is 17.9 Å². The van der Waals surface area contributed by atoms with Crippen molar-refractivity contribution in [1.29, 1.82) is 0 Å². The van der Waals surface area contributed by atoms with Crippen LogP contribution in [0.4, 0.5) is 18.9 Å². The van der Waals surface area contributed by atoms with Crippen LogP contribution >= 0.6 is 15.9 Å². The molecule has 0 saturated carbocycles. The molecular weight excluding hydrogens is 509 g/mol. The first-order chi connectivity index (χ1) is 16.3. The minimum atomic E-state index is -4.68. The molecule has 174 valence electrons. The van der Waals surface area contributed by atoms with E-state index >= 15 is 0 Å². The highest BCUT2D eigenvalue weighted by Crippen LogP contribution is 2.56. The van der Waals surface area contributed by atoms with Gasteiger partial charge in [0, 0.05) is 21.6 Å². The lowest BCUT2D eigenvalue weighted by atomic mass is 9.73. The number of anilines is 1. The molecule has 0 radical (unpaired) electrons. The monoisotopic (exact) mass is 528 g/mol. The van der Waals surface area contributed by atoms with E-state index < -0.39 is 35.5 Å². The van der Waals surface area contributed by atoms with Crippen molar-refractivity contribution in [2.45, 2.75) is 30.2 Å². The van der Waals surface area contributed by atoms with Crippen molar-refractivity contribution >= 4 is 33.8 Å². The van der Waals surface area contributed by atoms with Gasteiger partial charge in [0.2, 0.25) is 0 Å². The predicted octanol–water partition coefficient (Wildman–Crippen LogP) is 5.32. The van der Waals surface area contributed by atoms with E-state index in [0.717, 1.165) is 5.56 Å². The zero-order chi connectivity index (χ0) is 24.1. The van der Waals surface area contributed by atoms with Gasteiger partial charge in [-0.15, -0.1) is 0 Å². The van der Waals surface area contributed by atoms with Crippen LogP contribution in [-0.4, -0.2) is 24.4 Å². The standard InChI is InChI=1S/C26H20BrF3N2O2/c27-18-12-10-17(11-13-18)22-20(15-33)25(31-23(22)26(28,29)30)19-8-4-5-9-21(19)32(24(25)34)14-16-6-2-1-3-7-16/h1-13,15,20,22-23,31H,14H2/t20-,22-,23-,25-/m0/s1. The van der Waals surface area contributed by atoms with Gasteiger partial charge in [-0.2, -0.15) is 13.2 Å². The van der Waals surface area contributed by atoms with E-state index in [1.165, 1.54) is 4.90 Å². The topological polar surface area (TPSA) is 49.4 Å². The molecule has 2 aliphatic rings. The SMILES string of the molecule is O=C[C@H]1[C@H](c2ccc(Br)cc2)[C@@H](C(F)(F)F)N[C@]12C(=O)N(Cc1ccccc1)c1ccccc12. The number of fused-ring (bicyclic) bond motifs is 2. The molecule has 34 heavy (non-hydrogen) atoms. The van der Waals surface area contributed by atoms with E-state index in [1.54, 1.807) is 48.5 Å². The number of carbonyl (C=O) groups is 2. The minimum Gasteiger partial charge on any atom is -0.306 e. The number of amides is 1. The second-order valence-electron chi connectivity index (χ2n) is 8.60. The van der Waals surface area contributed by atoms with Crippen LogP contribution in [0.1, 0.15) is 22.6 Å². The maximum Gasteiger partial charge on any atom is 0.404 e. The Hall–Kier alpha value is -2.97. The fourth-order valence-corrected chi connectivity index (χ4v) is 5.59. The van der Waals surface area contributed by atoms with Crippen LogP contribution < -0.4 is 10.2 Å². The first-order valence-electron chi connectivity index (χ1n) is 10.8. The molecule has 0 aliphatic carbocycles. The quantitative estimate of drug-likeness (QED) is 0.466. The number of hydrogen-bond acceptors (Lipinski definition) is 3. The molecule has 1 fully saturated rings. The molecule has 8 heteroatoms. The van der Waals surface area contributed by atoms with Crippen LogP contribution in [0.25, 0.3) is 0 Å². The molecule has 0 unspecified atom stereocenters. The zero-order valence-corrected chi connectivity index (χ0v) is 19.4. The van der Waals surface area contributed by atoms with E-state index in [2.05, 4.69) is 21.2 Å². The van der Waals surface area contributed by atoms with Crippen LogP contribution in [0.2, 0.25) is 0 Å². The fourth-order valence-electron chi connectivity index (χ4n) is 5.33. The van der Waals surface area contributed by atoms with Crippen LogP contribution in [0.15, 0.2) is 83.3 Å². The third kappa shape index (κ3) is 3.47. The molecule has 2 heterocycles. The van der Waals surface area contributed by atoms with Crippen molar-refractivity contribution < 1.29 is 22.8 Å². The first kappa shape index (κ1) is 22.8. The summed E-state index contributed by atoms with van der Waals surface area (Å²) >= 11 is 3.30. The fraction of sp³-hybridized carbons (Fsp3) is 0.231. The van der Waals surface area contributed by atoms with Crippen molar-refractivity contribution in [3.63, 3.8) is 0 Å². The van der Waals surface area contributed by atoms with Gasteiger partial charge in [0.15, 0.2) is 0 Å². The average molecular weight is 529 g/mol. The number of para-hydroxylation sites is 1. The third-order valence-electron chi connectivity index (χ3n) is 6.77. The van der Waals surface area contributed by atoms with Crippen LogP contribution in [-0.2, 0) is 21.7 Å². The van der Waals surface area contributed by atoms with Crippen molar-refractivity contribution in [3.05, 3.63) is 100 Å². The molecule has 1 N–H and O–H groups in total. The Morgan fingerprint density at radius 1 is 0.971 bits per heavy atom. The number of aldehydes is 1. The molecule has 2 aliphatic heterocycles. The number of halogens is 4. The molecule has 3 aromatic carbocycles. The zero-order valence-electron chi connectivity index (χ0n) is 17.8. The smallest absolute Gasteiger partial charge is 0.306 e. The Bertz CT molecular complexity index is 1230. The van der Waals surface area contributed by atoms with Gasteiger partial charge >= 0.3 is 6.18 Å². The Labute approximate surface area is 202 Å². The largest absolute Gasteiger partial charge is 0.404 e. The van der Waals surface area contributed by atoms with E-state index in [1.807, 2.05) is 30.3 Å². The summed E-state index contributed by atoms with van der Waals surface area (Å²) in [5, 5.41) is 2.63. The van der Waals surface area contributed by atoms with Gasteiger partial charge in [-0.3, -0.25) is 10.1 Å². The Balaban J connectivity index is 1.67. The highest BCUT2D eigenvalue weighted by Gasteiger charge is 2.68. The summed E-state index contributed by atoms with van der Waals surface area (Å²) in [6, 6.07) is 20.3. The van der Waals surface area contributed by atoms with Gasteiger partial charge in [-0.25, -0.2) is 0 Å². The highest BCUT2D eigenvalue weighted by atomic mass is 79.9. The number of carbonyl (C=O) groups excluding carboxylic acids is 2. The second kappa shape index (κ2) is 8.36. The number of nitrogens with one attached hydrogen (secondary N) is 1. The molecular formula is C26H20BrF3N2O2. The number of hydrogen-bond donors (Lipinski definition) is 1. The number of nitrogens with zero attached hydrogens (tertiary/aromatic N) is 1. The van der Waals surface area contributed by atoms with E-state index in [4.69, 9.17) is 0 Å². The normalized spacial score (nSPS) is 26.2. The van der Waals surface area contributed by atoms with E-state index in [-0.39, 0.29) is 6.54 Å². The number of benzene rings is 3. The molecule has 1 spiro atoms. The first-order valence-corrected chi connectivity index (χ1v) is 11.6. The van der Waals surface area contributed by atoms with E-state index in [9.17, 15) is 22.8 Å². The lowest BCUT2D eigenvalue weighted by Gasteiger charge is -2.29. The molecule has 1 amide bonds. The Morgan fingerprint density at radius 2 is 1.62 bits per heavy atom. The molecule has 4 atom stereocenters. The molecule has 1 saturated heterocycles. The lowest BCUT2D eigenvalue weighted by molar-refractivity contribution is -0.158. The van der Waals surface area contributed by atoms with Gasteiger partial charge in [-0.1, -0.05) is 76.6 Å². The predicted molar refractivity (Wildman–Crippen MR) is 125 cm³/mol.